The Bertz CT molecular complexity index is 548. The molecule has 2 aromatic heterocycles. The molecule has 0 aliphatic rings. The number of carbonyl (C=O) groups is 1. The minimum Gasteiger partial charge on any atom is -0.373 e. The minimum atomic E-state index is -0.301. The van der Waals surface area contributed by atoms with Gasteiger partial charge in [0.1, 0.15) is 11.6 Å². The monoisotopic (exact) mass is 260 g/mol. The minimum absolute atomic E-state index is 0.279. The summed E-state index contributed by atoms with van der Waals surface area (Å²) in [6.07, 6.45) is 3.31. The standard InChI is InChI=1S/C13H16N4O2/c1-3-4-10-7-11(17-19-10)13(18)16-9-5-6-12(14-2)15-8-9/h5-8H,3-4H2,1-2H3,(H,14,15)(H,16,18). The number of rotatable bonds is 5. The van der Waals surface area contributed by atoms with E-state index in [-0.39, 0.29) is 11.6 Å². The number of carbonyl (C=O) groups excluding carboxylic acids is 1. The van der Waals surface area contributed by atoms with Crippen molar-refractivity contribution in [3.63, 3.8) is 0 Å². The average molecular weight is 260 g/mol. The molecule has 0 spiro atoms. The number of aryl methyl sites for hydroxylation is 1. The van der Waals surface area contributed by atoms with Crippen LogP contribution in [-0.2, 0) is 6.42 Å². The third kappa shape index (κ3) is 3.31. The molecular weight excluding hydrogens is 244 g/mol. The van der Waals surface area contributed by atoms with Gasteiger partial charge in [-0.3, -0.25) is 4.79 Å². The van der Waals surface area contributed by atoms with E-state index in [9.17, 15) is 4.79 Å². The van der Waals surface area contributed by atoms with Crippen LogP contribution in [0.2, 0.25) is 0 Å². The second kappa shape index (κ2) is 5.99. The molecule has 1 amide bonds. The van der Waals surface area contributed by atoms with Crippen molar-refractivity contribution in [3.05, 3.63) is 35.9 Å². The molecule has 0 aliphatic carbocycles. The number of aromatic nitrogens is 2. The fourth-order valence-electron chi connectivity index (χ4n) is 1.60. The van der Waals surface area contributed by atoms with Crippen molar-refractivity contribution < 1.29 is 9.32 Å². The zero-order valence-corrected chi connectivity index (χ0v) is 10.9. The molecule has 0 atom stereocenters. The normalized spacial score (nSPS) is 10.2. The van der Waals surface area contributed by atoms with Gasteiger partial charge in [-0.1, -0.05) is 12.1 Å². The van der Waals surface area contributed by atoms with E-state index < -0.39 is 0 Å². The molecule has 2 rings (SSSR count). The Balaban J connectivity index is 2.02. The molecular formula is C13H16N4O2. The molecule has 0 aromatic carbocycles. The van der Waals surface area contributed by atoms with Crippen LogP contribution in [-0.4, -0.2) is 23.1 Å². The van der Waals surface area contributed by atoms with E-state index in [2.05, 4.69) is 20.8 Å². The lowest BCUT2D eigenvalue weighted by atomic mass is 10.2. The van der Waals surface area contributed by atoms with Crippen LogP contribution in [0.4, 0.5) is 11.5 Å². The lowest BCUT2D eigenvalue weighted by Crippen LogP contribution is -2.12. The van der Waals surface area contributed by atoms with Crippen LogP contribution in [0.5, 0.6) is 0 Å². The Morgan fingerprint density at radius 1 is 1.42 bits per heavy atom. The Morgan fingerprint density at radius 3 is 2.89 bits per heavy atom. The number of nitrogens with one attached hydrogen (secondary N) is 2. The fourth-order valence-corrected chi connectivity index (χ4v) is 1.60. The maximum absolute atomic E-state index is 11.9. The number of hydrogen-bond donors (Lipinski definition) is 2. The smallest absolute Gasteiger partial charge is 0.277 e. The van der Waals surface area contributed by atoms with Gasteiger partial charge in [-0.15, -0.1) is 0 Å². The molecule has 0 saturated heterocycles. The van der Waals surface area contributed by atoms with Gasteiger partial charge in [0.25, 0.3) is 5.91 Å². The van der Waals surface area contributed by atoms with Crippen molar-refractivity contribution in [1.29, 1.82) is 0 Å². The van der Waals surface area contributed by atoms with Gasteiger partial charge in [0, 0.05) is 19.5 Å². The molecule has 0 saturated carbocycles. The van der Waals surface area contributed by atoms with E-state index >= 15 is 0 Å². The van der Waals surface area contributed by atoms with Crippen molar-refractivity contribution >= 4 is 17.4 Å². The summed E-state index contributed by atoms with van der Waals surface area (Å²) in [5, 5.41) is 9.36. The topological polar surface area (TPSA) is 80.0 Å². The van der Waals surface area contributed by atoms with Crippen LogP contribution < -0.4 is 10.6 Å². The van der Waals surface area contributed by atoms with Gasteiger partial charge in [0.15, 0.2) is 5.69 Å². The quantitative estimate of drug-likeness (QED) is 0.862. The zero-order chi connectivity index (χ0) is 13.7. The van der Waals surface area contributed by atoms with Crippen LogP contribution in [0, 0.1) is 0 Å². The van der Waals surface area contributed by atoms with E-state index in [0.29, 0.717) is 5.69 Å². The first kappa shape index (κ1) is 13.1. The molecule has 19 heavy (non-hydrogen) atoms. The second-order valence-electron chi connectivity index (χ2n) is 4.06. The van der Waals surface area contributed by atoms with Crippen LogP contribution in [0.3, 0.4) is 0 Å². The summed E-state index contributed by atoms with van der Waals surface area (Å²) in [6.45, 7) is 2.04. The van der Waals surface area contributed by atoms with Crippen LogP contribution in [0.15, 0.2) is 28.9 Å². The van der Waals surface area contributed by atoms with E-state index in [0.717, 1.165) is 24.4 Å². The van der Waals surface area contributed by atoms with Crippen LogP contribution in [0.25, 0.3) is 0 Å². The highest BCUT2D eigenvalue weighted by Crippen LogP contribution is 2.12. The number of nitrogens with zero attached hydrogens (tertiary/aromatic N) is 2. The number of hydrogen-bond acceptors (Lipinski definition) is 5. The molecule has 0 aliphatic heterocycles. The summed E-state index contributed by atoms with van der Waals surface area (Å²) in [6, 6.07) is 5.21. The van der Waals surface area contributed by atoms with Gasteiger partial charge in [0.2, 0.25) is 0 Å². The van der Waals surface area contributed by atoms with Gasteiger partial charge in [-0.25, -0.2) is 4.98 Å². The summed E-state index contributed by atoms with van der Waals surface area (Å²) in [4.78, 5) is 16.0. The summed E-state index contributed by atoms with van der Waals surface area (Å²) >= 11 is 0. The molecule has 0 unspecified atom stereocenters. The first-order valence-electron chi connectivity index (χ1n) is 6.13. The first-order valence-corrected chi connectivity index (χ1v) is 6.13. The molecule has 0 fully saturated rings. The van der Waals surface area contributed by atoms with Gasteiger partial charge < -0.3 is 15.2 Å². The Labute approximate surface area is 111 Å². The van der Waals surface area contributed by atoms with Gasteiger partial charge in [-0.05, 0) is 18.6 Å². The Kier molecular flexibility index (Phi) is 4.12. The first-order chi connectivity index (χ1) is 9.22. The lowest BCUT2D eigenvalue weighted by Gasteiger charge is -2.03. The number of amides is 1. The highest BCUT2D eigenvalue weighted by Gasteiger charge is 2.12. The molecule has 0 bridgehead atoms. The molecule has 2 heterocycles. The largest absolute Gasteiger partial charge is 0.373 e. The van der Waals surface area contributed by atoms with Crippen molar-refractivity contribution in [2.24, 2.45) is 0 Å². The van der Waals surface area contributed by atoms with E-state index in [1.165, 1.54) is 0 Å². The van der Waals surface area contributed by atoms with Crippen LogP contribution >= 0.6 is 0 Å². The number of pyridine rings is 1. The zero-order valence-electron chi connectivity index (χ0n) is 10.9. The maximum Gasteiger partial charge on any atom is 0.277 e. The van der Waals surface area contributed by atoms with Gasteiger partial charge in [-0.2, -0.15) is 0 Å². The average Bonchev–Trinajstić information content (AvgIpc) is 2.89. The molecule has 2 aromatic rings. The lowest BCUT2D eigenvalue weighted by molar-refractivity contribution is 0.101. The van der Waals surface area contributed by atoms with Crippen molar-refractivity contribution in [2.75, 3.05) is 17.7 Å². The third-order valence-corrected chi connectivity index (χ3v) is 2.57. The van der Waals surface area contributed by atoms with Crippen LogP contribution in [0.1, 0.15) is 29.6 Å². The van der Waals surface area contributed by atoms with Crippen molar-refractivity contribution in [2.45, 2.75) is 19.8 Å². The summed E-state index contributed by atoms with van der Waals surface area (Å²) < 4.78 is 5.06. The molecule has 6 heteroatoms. The van der Waals surface area contributed by atoms with Gasteiger partial charge >= 0.3 is 0 Å². The van der Waals surface area contributed by atoms with Crippen molar-refractivity contribution in [3.8, 4) is 0 Å². The predicted octanol–water partition coefficient (Wildman–Crippen LogP) is 2.32. The molecule has 2 N–H and O–H groups in total. The Hall–Kier alpha value is -2.37. The summed E-state index contributed by atoms with van der Waals surface area (Å²) in [7, 11) is 1.78. The van der Waals surface area contributed by atoms with E-state index in [1.807, 2.05) is 6.92 Å². The maximum atomic E-state index is 11.9. The molecule has 100 valence electrons. The Morgan fingerprint density at radius 2 is 2.26 bits per heavy atom. The third-order valence-electron chi connectivity index (χ3n) is 2.57. The summed E-state index contributed by atoms with van der Waals surface area (Å²) in [5.41, 5.74) is 0.894. The fraction of sp³-hybridized carbons (Fsp3) is 0.308. The highest BCUT2D eigenvalue weighted by atomic mass is 16.5. The van der Waals surface area contributed by atoms with E-state index in [1.54, 1.807) is 31.4 Å². The summed E-state index contributed by atoms with van der Waals surface area (Å²) in [5.74, 6) is 1.16. The number of anilines is 2. The van der Waals surface area contributed by atoms with E-state index in [4.69, 9.17) is 4.52 Å². The van der Waals surface area contributed by atoms with Crippen molar-refractivity contribution in [1.82, 2.24) is 10.1 Å². The highest BCUT2D eigenvalue weighted by molar-refractivity contribution is 6.02. The molecule has 0 radical (unpaired) electrons. The predicted molar refractivity (Wildman–Crippen MR) is 72.2 cm³/mol. The molecule has 6 nitrogen and oxygen atoms in total. The SMILES string of the molecule is CCCc1cc(C(=O)Nc2ccc(NC)nc2)no1. The van der Waals surface area contributed by atoms with Gasteiger partial charge in [0.05, 0.1) is 11.9 Å². The second-order valence-corrected chi connectivity index (χ2v) is 4.06.